The molecule has 1 aromatic carbocycles. The highest BCUT2D eigenvalue weighted by Crippen LogP contribution is 2.33. The van der Waals surface area contributed by atoms with Crippen LogP contribution >= 0.6 is 0 Å². The summed E-state index contributed by atoms with van der Waals surface area (Å²) in [6, 6.07) is 5.29. The predicted octanol–water partition coefficient (Wildman–Crippen LogP) is 1.78. The zero-order valence-electron chi connectivity index (χ0n) is 10.5. The van der Waals surface area contributed by atoms with Gasteiger partial charge in [0.15, 0.2) is 6.61 Å². The molecule has 18 heavy (non-hydrogen) atoms. The van der Waals surface area contributed by atoms with E-state index in [-0.39, 0.29) is 18.4 Å². The first kappa shape index (κ1) is 12.4. The number of hydrogen-bond acceptors (Lipinski definition) is 3. The number of carbonyl (C=O) groups excluding carboxylic acids is 2. The van der Waals surface area contributed by atoms with Crippen LogP contribution in [0.4, 0.5) is 11.4 Å². The number of nitrogens with zero attached hydrogens (tertiary/aromatic N) is 1. The van der Waals surface area contributed by atoms with Crippen LogP contribution in [0.5, 0.6) is 5.75 Å². The summed E-state index contributed by atoms with van der Waals surface area (Å²) in [7, 11) is 1.70. The molecule has 5 heteroatoms. The molecule has 1 heterocycles. The van der Waals surface area contributed by atoms with E-state index in [0.29, 0.717) is 23.5 Å². The van der Waals surface area contributed by atoms with Gasteiger partial charge in [-0.2, -0.15) is 0 Å². The van der Waals surface area contributed by atoms with Crippen LogP contribution in [0.25, 0.3) is 0 Å². The fourth-order valence-corrected chi connectivity index (χ4v) is 1.80. The van der Waals surface area contributed by atoms with Crippen LogP contribution in [0, 0.1) is 0 Å². The highest BCUT2D eigenvalue weighted by Gasteiger charge is 2.22. The molecule has 0 saturated carbocycles. The lowest BCUT2D eigenvalue weighted by atomic mass is 10.2. The Morgan fingerprint density at radius 3 is 3.00 bits per heavy atom. The average molecular weight is 248 g/mol. The number of carbonyl (C=O) groups is 2. The Kier molecular flexibility index (Phi) is 3.50. The van der Waals surface area contributed by atoms with E-state index in [4.69, 9.17) is 4.74 Å². The smallest absolute Gasteiger partial charge is 0.264 e. The molecule has 0 unspecified atom stereocenters. The first-order valence-corrected chi connectivity index (χ1v) is 5.95. The van der Waals surface area contributed by atoms with Crippen molar-refractivity contribution in [3.8, 4) is 5.75 Å². The first-order chi connectivity index (χ1) is 8.61. The molecule has 0 radical (unpaired) electrons. The van der Waals surface area contributed by atoms with Gasteiger partial charge in [-0.25, -0.2) is 0 Å². The Bertz CT molecular complexity index is 485. The molecule has 96 valence electrons. The SMILES string of the molecule is CCCC(=O)Nc1ccc2c(c1)N(C)C(=O)CO2. The van der Waals surface area contributed by atoms with E-state index < -0.39 is 0 Å². The summed E-state index contributed by atoms with van der Waals surface area (Å²) in [4.78, 5) is 24.5. The van der Waals surface area contributed by atoms with Crippen molar-refractivity contribution in [2.45, 2.75) is 19.8 Å². The number of amides is 2. The van der Waals surface area contributed by atoms with Gasteiger partial charge in [0.2, 0.25) is 5.91 Å². The molecule has 1 aromatic rings. The quantitative estimate of drug-likeness (QED) is 0.887. The second-order valence-corrected chi connectivity index (χ2v) is 4.22. The van der Waals surface area contributed by atoms with E-state index in [9.17, 15) is 9.59 Å². The lowest BCUT2D eigenvalue weighted by Crippen LogP contribution is -2.35. The Morgan fingerprint density at radius 1 is 1.50 bits per heavy atom. The Balaban J connectivity index is 2.21. The number of rotatable bonds is 3. The van der Waals surface area contributed by atoms with Crippen molar-refractivity contribution in [2.75, 3.05) is 23.9 Å². The van der Waals surface area contributed by atoms with Gasteiger partial charge < -0.3 is 15.0 Å². The highest BCUT2D eigenvalue weighted by molar-refractivity contribution is 5.99. The lowest BCUT2D eigenvalue weighted by Gasteiger charge is -2.26. The molecule has 0 atom stereocenters. The van der Waals surface area contributed by atoms with Gasteiger partial charge in [-0.1, -0.05) is 6.92 Å². The predicted molar refractivity (Wildman–Crippen MR) is 68.9 cm³/mol. The normalized spacial score (nSPS) is 13.9. The van der Waals surface area contributed by atoms with E-state index in [1.165, 1.54) is 4.90 Å². The number of hydrogen-bond donors (Lipinski definition) is 1. The maximum atomic E-state index is 11.5. The van der Waals surface area contributed by atoms with E-state index in [1.807, 2.05) is 6.92 Å². The Labute approximate surface area is 106 Å². The van der Waals surface area contributed by atoms with Crippen LogP contribution in [0.2, 0.25) is 0 Å². The molecular formula is C13H16N2O3. The van der Waals surface area contributed by atoms with Crippen molar-refractivity contribution in [1.29, 1.82) is 0 Å². The van der Waals surface area contributed by atoms with Crippen LogP contribution in [-0.4, -0.2) is 25.5 Å². The minimum atomic E-state index is -0.0977. The molecule has 1 aliphatic rings. The largest absolute Gasteiger partial charge is 0.482 e. The number of fused-ring (bicyclic) bond motifs is 1. The standard InChI is InChI=1S/C13H16N2O3/c1-3-4-12(16)14-9-5-6-11-10(7-9)15(2)13(17)8-18-11/h5-7H,3-4,8H2,1-2H3,(H,14,16). The number of benzene rings is 1. The van der Waals surface area contributed by atoms with Crippen molar-refractivity contribution >= 4 is 23.2 Å². The van der Waals surface area contributed by atoms with Crippen molar-refractivity contribution in [2.24, 2.45) is 0 Å². The second kappa shape index (κ2) is 5.08. The summed E-state index contributed by atoms with van der Waals surface area (Å²) < 4.78 is 5.31. The van der Waals surface area contributed by atoms with Crippen LogP contribution in [0.3, 0.4) is 0 Å². The summed E-state index contributed by atoms with van der Waals surface area (Å²) in [5, 5.41) is 2.80. The molecular weight excluding hydrogens is 232 g/mol. The third-order valence-electron chi connectivity index (χ3n) is 2.81. The van der Waals surface area contributed by atoms with E-state index in [2.05, 4.69) is 5.32 Å². The molecule has 5 nitrogen and oxygen atoms in total. The Morgan fingerprint density at radius 2 is 2.28 bits per heavy atom. The zero-order valence-corrected chi connectivity index (χ0v) is 10.5. The third kappa shape index (κ3) is 2.45. The van der Waals surface area contributed by atoms with E-state index in [1.54, 1.807) is 25.2 Å². The van der Waals surface area contributed by atoms with Crippen LogP contribution in [0.15, 0.2) is 18.2 Å². The molecule has 1 aliphatic heterocycles. The van der Waals surface area contributed by atoms with Gasteiger partial charge in [0.05, 0.1) is 5.69 Å². The molecule has 0 saturated heterocycles. The van der Waals surface area contributed by atoms with E-state index in [0.717, 1.165) is 6.42 Å². The molecule has 2 amide bonds. The minimum Gasteiger partial charge on any atom is -0.482 e. The lowest BCUT2D eigenvalue weighted by molar-refractivity contribution is -0.121. The summed E-state index contributed by atoms with van der Waals surface area (Å²) in [6.45, 7) is 2.01. The monoisotopic (exact) mass is 248 g/mol. The van der Waals surface area contributed by atoms with Crippen LogP contribution in [-0.2, 0) is 9.59 Å². The second-order valence-electron chi connectivity index (χ2n) is 4.22. The van der Waals surface area contributed by atoms with Crippen LogP contribution < -0.4 is 15.0 Å². The van der Waals surface area contributed by atoms with Crippen LogP contribution in [0.1, 0.15) is 19.8 Å². The molecule has 0 aromatic heterocycles. The van der Waals surface area contributed by atoms with Crippen molar-refractivity contribution in [3.05, 3.63) is 18.2 Å². The molecule has 0 bridgehead atoms. The average Bonchev–Trinajstić information content (AvgIpc) is 2.35. The van der Waals surface area contributed by atoms with Gasteiger partial charge in [0.25, 0.3) is 5.91 Å². The molecule has 1 N–H and O–H groups in total. The summed E-state index contributed by atoms with van der Waals surface area (Å²) in [5.74, 6) is 0.535. The summed E-state index contributed by atoms with van der Waals surface area (Å²) in [5.41, 5.74) is 1.36. The third-order valence-corrected chi connectivity index (χ3v) is 2.81. The number of nitrogens with one attached hydrogen (secondary N) is 1. The van der Waals surface area contributed by atoms with Crippen molar-refractivity contribution in [1.82, 2.24) is 0 Å². The molecule has 0 aliphatic carbocycles. The van der Waals surface area contributed by atoms with Crippen molar-refractivity contribution < 1.29 is 14.3 Å². The molecule has 2 rings (SSSR count). The number of anilines is 2. The highest BCUT2D eigenvalue weighted by atomic mass is 16.5. The Hall–Kier alpha value is -2.04. The first-order valence-electron chi connectivity index (χ1n) is 5.95. The molecule has 0 fully saturated rings. The topological polar surface area (TPSA) is 58.6 Å². The zero-order chi connectivity index (χ0) is 13.1. The van der Waals surface area contributed by atoms with Gasteiger partial charge in [0, 0.05) is 19.2 Å². The van der Waals surface area contributed by atoms with Gasteiger partial charge in [-0.15, -0.1) is 0 Å². The van der Waals surface area contributed by atoms with Gasteiger partial charge in [0.1, 0.15) is 5.75 Å². The minimum absolute atomic E-state index is 0.0249. The summed E-state index contributed by atoms with van der Waals surface area (Å²) >= 11 is 0. The fraction of sp³-hybridized carbons (Fsp3) is 0.385. The number of ether oxygens (including phenoxy) is 1. The van der Waals surface area contributed by atoms with Crippen molar-refractivity contribution in [3.63, 3.8) is 0 Å². The van der Waals surface area contributed by atoms with E-state index >= 15 is 0 Å². The number of likely N-dealkylation sites (N-methyl/N-ethyl adjacent to an activating group) is 1. The van der Waals surface area contributed by atoms with Gasteiger partial charge in [-0.05, 0) is 24.6 Å². The van der Waals surface area contributed by atoms with Gasteiger partial charge >= 0.3 is 0 Å². The van der Waals surface area contributed by atoms with Gasteiger partial charge in [-0.3, -0.25) is 9.59 Å². The summed E-state index contributed by atoms with van der Waals surface area (Å²) in [6.07, 6.45) is 1.29. The fourth-order valence-electron chi connectivity index (χ4n) is 1.80. The maximum Gasteiger partial charge on any atom is 0.264 e. The molecule has 0 spiro atoms. The maximum absolute atomic E-state index is 11.5.